The number of carbonyl (C=O) groups is 2. The van der Waals surface area contributed by atoms with Crippen LogP contribution in [0.4, 0.5) is 0 Å². The number of aromatic nitrogens is 1. The summed E-state index contributed by atoms with van der Waals surface area (Å²) >= 11 is 0. The SMILES string of the molecule is CN(CCc1ccccn1)C(=O)[C@H]1[C@@H]2C=C[C@@]3(CN(C(C)(C)C)C(=O)[C@H]13)O2. The second-order valence-electron chi connectivity index (χ2n) is 8.83. The van der Waals surface area contributed by atoms with Crippen molar-refractivity contribution in [1.29, 1.82) is 0 Å². The van der Waals surface area contributed by atoms with Gasteiger partial charge in [-0.3, -0.25) is 14.6 Å². The van der Waals surface area contributed by atoms with Crippen LogP contribution in [0.2, 0.25) is 0 Å². The largest absolute Gasteiger partial charge is 0.360 e. The van der Waals surface area contributed by atoms with E-state index in [-0.39, 0.29) is 23.5 Å². The van der Waals surface area contributed by atoms with E-state index in [1.54, 1.807) is 18.1 Å². The molecule has 0 aromatic carbocycles. The first-order valence-electron chi connectivity index (χ1n) is 9.56. The number of pyridine rings is 1. The Morgan fingerprint density at radius 2 is 2.19 bits per heavy atom. The maximum Gasteiger partial charge on any atom is 0.230 e. The summed E-state index contributed by atoms with van der Waals surface area (Å²) in [6, 6.07) is 5.78. The summed E-state index contributed by atoms with van der Waals surface area (Å²) in [4.78, 5) is 34.3. The predicted octanol–water partition coefficient (Wildman–Crippen LogP) is 1.66. The van der Waals surface area contributed by atoms with Gasteiger partial charge in [0.25, 0.3) is 0 Å². The average molecular weight is 369 g/mol. The molecule has 0 unspecified atom stereocenters. The average Bonchev–Trinajstić information content (AvgIpc) is 3.28. The zero-order valence-corrected chi connectivity index (χ0v) is 16.4. The minimum absolute atomic E-state index is 0.0173. The number of nitrogens with zero attached hydrogens (tertiary/aromatic N) is 3. The van der Waals surface area contributed by atoms with Gasteiger partial charge in [0.05, 0.1) is 24.5 Å². The maximum absolute atomic E-state index is 13.2. The van der Waals surface area contributed by atoms with Gasteiger partial charge in [-0.2, -0.15) is 0 Å². The van der Waals surface area contributed by atoms with E-state index in [1.165, 1.54) is 0 Å². The molecule has 0 aliphatic carbocycles. The van der Waals surface area contributed by atoms with Crippen LogP contribution in [-0.2, 0) is 20.7 Å². The molecule has 2 bridgehead atoms. The van der Waals surface area contributed by atoms with Crippen molar-refractivity contribution >= 4 is 11.8 Å². The Morgan fingerprint density at radius 3 is 2.85 bits per heavy atom. The quantitative estimate of drug-likeness (QED) is 0.758. The molecule has 3 aliphatic heterocycles. The number of hydrogen-bond donors (Lipinski definition) is 0. The van der Waals surface area contributed by atoms with Crippen molar-refractivity contribution in [2.75, 3.05) is 20.1 Å². The molecule has 6 nitrogen and oxygen atoms in total. The first-order valence-corrected chi connectivity index (χ1v) is 9.56. The standard InChI is InChI=1S/C21H27N3O3/c1-20(2,3)24-13-21-10-8-15(27-21)16(17(21)19(24)26)18(25)23(4)12-9-14-7-5-6-11-22-14/h5-8,10-11,15-17H,9,12-13H2,1-4H3/t15-,16-,17-,21-/m0/s1. The molecule has 1 aromatic heterocycles. The molecule has 1 aromatic rings. The molecule has 1 spiro atoms. The number of ether oxygens (including phenoxy) is 1. The Labute approximate surface area is 160 Å². The van der Waals surface area contributed by atoms with Crippen LogP contribution in [0.3, 0.4) is 0 Å². The summed E-state index contributed by atoms with van der Waals surface area (Å²) in [6.45, 7) is 7.16. The fourth-order valence-electron chi connectivity index (χ4n) is 4.54. The number of amides is 2. The molecule has 0 N–H and O–H groups in total. The molecule has 2 amide bonds. The number of fused-ring (bicyclic) bond motifs is 1. The van der Waals surface area contributed by atoms with Gasteiger partial charge in [0.2, 0.25) is 11.8 Å². The van der Waals surface area contributed by atoms with Gasteiger partial charge in [-0.25, -0.2) is 0 Å². The first-order chi connectivity index (χ1) is 12.7. The second kappa shape index (κ2) is 6.16. The fourth-order valence-corrected chi connectivity index (χ4v) is 4.54. The molecule has 4 rings (SSSR count). The van der Waals surface area contributed by atoms with Crippen molar-refractivity contribution in [3.05, 3.63) is 42.2 Å². The van der Waals surface area contributed by atoms with E-state index in [9.17, 15) is 9.59 Å². The number of likely N-dealkylation sites (tertiary alicyclic amines) is 1. The van der Waals surface area contributed by atoms with Crippen molar-refractivity contribution in [3.8, 4) is 0 Å². The number of hydrogen-bond acceptors (Lipinski definition) is 4. The lowest BCUT2D eigenvalue weighted by molar-refractivity contribution is -0.144. The molecular weight excluding hydrogens is 342 g/mol. The lowest BCUT2D eigenvalue weighted by Gasteiger charge is -2.34. The molecule has 0 radical (unpaired) electrons. The van der Waals surface area contributed by atoms with Crippen molar-refractivity contribution in [2.24, 2.45) is 11.8 Å². The summed E-state index contributed by atoms with van der Waals surface area (Å²) in [5.41, 5.74) is 0.0229. The van der Waals surface area contributed by atoms with Gasteiger partial charge < -0.3 is 14.5 Å². The van der Waals surface area contributed by atoms with E-state index < -0.39 is 17.4 Å². The highest BCUT2D eigenvalue weighted by Gasteiger charge is 2.68. The smallest absolute Gasteiger partial charge is 0.230 e. The van der Waals surface area contributed by atoms with Crippen molar-refractivity contribution < 1.29 is 14.3 Å². The molecule has 4 heterocycles. The summed E-state index contributed by atoms with van der Waals surface area (Å²) in [5, 5.41) is 0. The van der Waals surface area contributed by atoms with E-state index >= 15 is 0 Å². The van der Waals surface area contributed by atoms with Crippen LogP contribution in [0.5, 0.6) is 0 Å². The monoisotopic (exact) mass is 369 g/mol. The van der Waals surface area contributed by atoms with Crippen LogP contribution in [0, 0.1) is 11.8 Å². The molecule has 2 fully saturated rings. The van der Waals surface area contributed by atoms with E-state index in [0.29, 0.717) is 19.5 Å². The molecule has 4 atom stereocenters. The molecule has 144 valence electrons. The number of likely N-dealkylation sites (N-methyl/N-ethyl adjacent to an activating group) is 1. The van der Waals surface area contributed by atoms with Gasteiger partial charge in [0.15, 0.2) is 0 Å². The summed E-state index contributed by atoms with van der Waals surface area (Å²) in [7, 11) is 1.80. The topological polar surface area (TPSA) is 62.7 Å². The van der Waals surface area contributed by atoms with Crippen LogP contribution >= 0.6 is 0 Å². The fraction of sp³-hybridized carbons (Fsp3) is 0.571. The van der Waals surface area contributed by atoms with Gasteiger partial charge in [-0.1, -0.05) is 18.2 Å². The van der Waals surface area contributed by atoms with Gasteiger partial charge in [0, 0.05) is 37.4 Å². The first kappa shape index (κ1) is 18.2. The number of carbonyl (C=O) groups excluding carboxylic acids is 2. The van der Waals surface area contributed by atoms with Crippen molar-refractivity contribution in [2.45, 2.75) is 44.4 Å². The van der Waals surface area contributed by atoms with Gasteiger partial charge in [0.1, 0.15) is 5.60 Å². The minimum Gasteiger partial charge on any atom is -0.360 e. The van der Waals surface area contributed by atoms with E-state index in [0.717, 1.165) is 5.69 Å². The zero-order chi connectivity index (χ0) is 19.4. The third-order valence-corrected chi connectivity index (χ3v) is 6.00. The second-order valence-corrected chi connectivity index (χ2v) is 8.83. The Bertz CT molecular complexity index is 786. The highest BCUT2D eigenvalue weighted by molar-refractivity contribution is 5.93. The lowest BCUT2D eigenvalue weighted by Crippen LogP contribution is -2.47. The Morgan fingerprint density at radius 1 is 1.41 bits per heavy atom. The molecule has 27 heavy (non-hydrogen) atoms. The van der Waals surface area contributed by atoms with Gasteiger partial charge >= 0.3 is 0 Å². The zero-order valence-electron chi connectivity index (χ0n) is 16.4. The third-order valence-electron chi connectivity index (χ3n) is 6.00. The summed E-state index contributed by atoms with van der Waals surface area (Å²) in [6.07, 6.45) is 6.11. The van der Waals surface area contributed by atoms with E-state index in [4.69, 9.17) is 4.74 Å². The maximum atomic E-state index is 13.2. The van der Waals surface area contributed by atoms with Gasteiger partial charge in [-0.05, 0) is 32.9 Å². The molecule has 2 saturated heterocycles. The molecule has 3 aliphatic rings. The highest BCUT2D eigenvalue weighted by atomic mass is 16.5. The lowest BCUT2D eigenvalue weighted by atomic mass is 9.76. The Kier molecular flexibility index (Phi) is 4.14. The van der Waals surface area contributed by atoms with Crippen molar-refractivity contribution in [1.82, 2.24) is 14.8 Å². The molecular formula is C21H27N3O3. The van der Waals surface area contributed by atoms with Crippen LogP contribution in [-0.4, -0.2) is 64.0 Å². The van der Waals surface area contributed by atoms with Crippen LogP contribution in [0.15, 0.2) is 36.5 Å². The minimum atomic E-state index is -0.642. The summed E-state index contributed by atoms with van der Waals surface area (Å²) in [5.74, 6) is -0.845. The van der Waals surface area contributed by atoms with Gasteiger partial charge in [-0.15, -0.1) is 0 Å². The van der Waals surface area contributed by atoms with Crippen LogP contribution in [0.1, 0.15) is 26.5 Å². The highest BCUT2D eigenvalue weighted by Crippen LogP contribution is 2.53. The predicted molar refractivity (Wildman–Crippen MR) is 101 cm³/mol. The normalized spacial score (nSPS) is 31.5. The Balaban J connectivity index is 1.51. The molecule has 0 saturated carbocycles. The Hall–Kier alpha value is -2.21. The van der Waals surface area contributed by atoms with E-state index in [1.807, 2.05) is 56.0 Å². The summed E-state index contributed by atoms with van der Waals surface area (Å²) < 4.78 is 6.19. The van der Waals surface area contributed by atoms with Crippen LogP contribution in [0.25, 0.3) is 0 Å². The van der Waals surface area contributed by atoms with Crippen LogP contribution < -0.4 is 0 Å². The molecule has 6 heteroatoms. The van der Waals surface area contributed by atoms with E-state index in [2.05, 4.69) is 4.98 Å². The van der Waals surface area contributed by atoms with Crippen molar-refractivity contribution in [3.63, 3.8) is 0 Å². The third kappa shape index (κ3) is 2.87. The number of rotatable bonds is 4.